The van der Waals surface area contributed by atoms with Crippen LogP contribution in [0.1, 0.15) is 54.5 Å². The molecule has 0 fully saturated rings. The van der Waals surface area contributed by atoms with Gasteiger partial charge in [-0.2, -0.15) is 5.10 Å². The SMILES string of the molecule is Cc1cccc(-c2ncc(C3CC(=O)Nc4n[nH]c(C(C)C)c43)cn2)c1. The monoisotopic (exact) mass is 347 g/mol. The Kier molecular flexibility index (Phi) is 4.03. The number of carbonyl (C=O) groups excluding carboxylic acids is 1. The molecular weight excluding hydrogens is 326 g/mol. The normalized spacial score (nSPS) is 16.5. The molecule has 132 valence electrons. The molecule has 1 amide bonds. The standard InChI is InChI=1S/C20H21N5O/c1-11(2)18-17-15(8-16(26)23-20(17)25-24-18)14-9-21-19(22-10-14)13-6-4-5-12(3)7-13/h4-7,9-11,15H,8H2,1-3H3,(H2,23,24,25,26). The minimum absolute atomic E-state index is 0.0351. The number of amides is 1. The van der Waals surface area contributed by atoms with Gasteiger partial charge in [-0.05, 0) is 24.5 Å². The van der Waals surface area contributed by atoms with Crippen molar-refractivity contribution in [3.05, 3.63) is 59.0 Å². The third-order valence-corrected chi connectivity index (χ3v) is 4.76. The van der Waals surface area contributed by atoms with Crippen molar-refractivity contribution in [3.8, 4) is 11.4 Å². The van der Waals surface area contributed by atoms with Gasteiger partial charge in [-0.3, -0.25) is 9.89 Å². The minimum Gasteiger partial charge on any atom is -0.309 e. The maximum Gasteiger partial charge on any atom is 0.226 e. The summed E-state index contributed by atoms with van der Waals surface area (Å²) in [6.45, 7) is 6.27. The van der Waals surface area contributed by atoms with Crippen molar-refractivity contribution in [2.45, 2.75) is 39.0 Å². The molecule has 26 heavy (non-hydrogen) atoms. The zero-order valence-electron chi connectivity index (χ0n) is 15.1. The van der Waals surface area contributed by atoms with Gasteiger partial charge in [0.1, 0.15) is 0 Å². The Labute approximate surface area is 152 Å². The highest BCUT2D eigenvalue weighted by atomic mass is 16.1. The quantitative estimate of drug-likeness (QED) is 0.755. The second-order valence-electron chi connectivity index (χ2n) is 7.07. The third-order valence-electron chi connectivity index (χ3n) is 4.76. The summed E-state index contributed by atoms with van der Waals surface area (Å²) in [5, 5.41) is 10.2. The average molecular weight is 347 g/mol. The van der Waals surface area contributed by atoms with E-state index in [0.29, 0.717) is 18.1 Å². The Morgan fingerprint density at radius 3 is 2.65 bits per heavy atom. The number of H-pyrrole nitrogens is 1. The molecule has 0 spiro atoms. The van der Waals surface area contributed by atoms with E-state index in [2.05, 4.69) is 45.4 Å². The van der Waals surface area contributed by atoms with Crippen LogP contribution >= 0.6 is 0 Å². The first-order chi connectivity index (χ1) is 12.5. The predicted molar refractivity (Wildman–Crippen MR) is 100.0 cm³/mol. The van der Waals surface area contributed by atoms with Crippen molar-refractivity contribution < 1.29 is 4.79 Å². The predicted octanol–water partition coefficient (Wildman–Crippen LogP) is 3.77. The van der Waals surface area contributed by atoms with Gasteiger partial charge in [0.05, 0.1) is 0 Å². The van der Waals surface area contributed by atoms with Crippen molar-refractivity contribution in [2.75, 3.05) is 5.32 Å². The van der Waals surface area contributed by atoms with Gasteiger partial charge in [-0.1, -0.05) is 37.6 Å². The van der Waals surface area contributed by atoms with Crippen molar-refractivity contribution in [1.82, 2.24) is 20.2 Å². The first kappa shape index (κ1) is 16.4. The molecule has 0 aliphatic carbocycles. The lowest BCUT2D eigenvalue weighted by Crippen LogP contribution is -2.24. The summed E-state index contributed by atoms with van der Waals surface area (Å²) in [5.41, 5.74) is 5.19. The van der Waals surface area contributed by atoms with E-state index in [1.54, 1.807) is 0 Å². The van der Waals surface area contributed by atoms with Gasteiger partial charge in [0.25, 0.3) is 0 Å². The molecule has 1 atom stereocenters. The van der Waals surface area contributed by atoms with E-state index in [-0.39, 0.29) is 17.7 Å². The van der Waals surface area contributed by atoms with Crippen LogP contribution in [0.2, 0.25) is 0 Å². The second kappa shape index (κ2) is 6.37. The van der Waals surface area contributed by atoms with Crippen molar-refractivity contribution in [2.24, 2.45) is 0 Å². The Hall–Kier alpha value is -3.02. The molecule has 3 aromatic rings. The average Bonchev–Trinajstić information content (AvgIpc) is 3.05. The summed E-state index contributed by atoms with van der Waals surface area (Å²) < 4.78 is 0. The lowest BCUT2D eigenvalue weighted by atomic mass is 9.85. The fourth-order valence-corrected chi connectivity index (χ4v) is 3.46. The maximum atomic E-state index is 12.1. The van der Waals surface area contributed by atoms with Crippen LogP contribution in [-0.2, 0) is 4.79 Å². The van der Waals surface area contributed by atoms with Crippen molar-refractivity contribution in [1.29, 1.82) is 0 Å². The summed E-state index contributed by atoms with van der Waals surface area (Å²) in [5.74, 6) is 1.48. The molecule has 1 unspecified atom stereocenters. The lowest BCUT2D eigenvalue weighted by molar-refractivity contribution is -0.116. The van der Waals surface area contributed by atoms with E-state index in [9.17, 15) is 4.79 Å². The molecule has 0 saturated heterocycles. The Bertz CT molecular complexity index is 959. The Morgan fingerprint density at radius 2 is 1.96 bits per heavy atom. The molecule has 6 heteroatoms. The number of rotatable bonds is 3. The summed E-state index contributed by atoms with van der Waals surface area (Å²) in [7, 11) is 0. The smallest absolute Gasteiger partial charge is 0.226 e. The van der Waals surface area contributed by atoms with Gasteiger partial charge in [-0.25, -0.2) is 9.97 Å². The van der Waals surface area contributed by atoms with Crippen LogP contribution in [0, 0.1) is 6.92 Å². The fraction of sp³-hybridized carbons (Fsp3) is 0.300. The number of nitrogens with zero attached hydrogens (tertiary/aromatic N) is 3. The molecule has 0 bridgehead atoms. The Morgan fingerprint density at radius 1 is 1.19 bits per heavy atom. The lowest BCUT2D eigenvalue weighted by Gasteiger charge is -2.23. The van der Waals surface area contributed by atoms with Gasteiger partial charge in [0.15, 0.2) is 11.6 Å². The number of anilines is 1. The molecular formula is C20H21N5O. The van der Waals surface area contributed by atoms with E-state index >= 15 is 0 Å². The molecule has 1 aromatic carbocycles. The summed E-state index contributed by atoms with van der Waals surface area (Å²) in [6, 6.07) is 8.11. The molecule has 2 aromatic heterocycles. The molecule has 0 radical (unpaired) electrons. The fourth-order valence-electron chi connectivity index (χ4n) is 3.46. The van der Waals surface area contributed by atoms with Crippen molar-refractivity contribution >= 4 is 11.7 Å². The number of hydrogen-bond acceptors (Lipinski definition) is 4. The minimum atomic E-state index is -0.0820. The van der Waals surface area contributed by atoms with Crippen LogP contribution in [0.15, 0.2) is 36.7 Å². The molecule has 0 saturated carbocycles. The summed E-state index contributed by atoms with van der Waals surface area (Å²) >= 11 is 0. The summed E-state index contributed by atoms with van der Waals surface area (Å²) in [4.78, 5) is 21.2. The number of carbonyl (C=O) groups is 1. The van der Waals surface area contributed by atoms with E-state index in [1.807, 2.05) is 37.5 Å². The molecule has 6 nitrogen and oxygen atoms in total. The second-order valence-corrected chi connectivity index (χ2v) is 7.07. The Balaban J connectivity index is 1.72. The van der Waals surface area contributed by atoms with Gasteiger partial charge >= 0.3 is 0 Å². The highest BCUT2D eigenvalue weighted by Gasteiger charge is 2.32. The van der Waals surface area contributed by atoms with E-state index in [4.69, 9.17) is 0 Å². The highest BCUT2D eigenvalue weighted by molar-refractivity contribution is 5.94. The van der Waals surface area contributed by atoms with Crippen LogP contribution in [-0.4, -0.2) is 26.1 Å². The van der Waals surface area contributed by atoms with Crippen LogP contribution < -0.4 is 5.32 Å². The highest BCUT2D eigenvalue weighted by Crippen LogP contribution is 2.39. The third kappa shape index (κ3) is 2.87. The summed E-state index contributed by atoms with van der Waals surface area (Å²) in [6.07, 6.45) is 4.03. The van der Waals surface area contributed by atoms with Crippen LogP contribution in [0.25, 0.3) is 11.4 Å². The number of hydrogen-bond donors (Lipinski definition) is 2. The van der Waals surface area contributed by atoms with Gasteiger partial charge < -0.3 is 5.32 Å². The number of nitrogens with one attached hydrogen (secondary N) is 2. The topological polar surface area (TPSA) is 83.6 Å². The van der Waals surface area contributed by atoms with E-state index in [1.165, 1.54) is 5.56 Å². The first-order valence-electron chi connectivity index (χ1n) is 8.80. The molecule has 1 aliphatic heterocycles. The van der Waals surface area contributed by atoms with Gasteiger partial charge in [-0.15, -0.1) is 0 Å². The van der Waals surface area contributed by atoms with Gasteiger partial charge in [0, 0.05) is 41.6 Å². The molecule has 3 heterocycles. The van der Waals surface area contributed by atoms with Crippen LogP contribution in [0.4, 0.5) is 5.82 Å². The number of fused-ring (bicyclic) bond motifs is 1. The molecule has 2 N–H and O–H groups in total. The zero-order valence-corrected chi connectivity index (χ0v) is 15.1. The van der Waals surface area contributed by atoms with Crippen LogP contribution in [0.3, 0.4) is 0 Å². The van der Waals surface area contributed by atoms with Crippen molar-refractivity contribution in [3.63, 3.8) is 0 Å². The number of aryl methyl sites for hydroxylation is 1. The first-order valence-corrected chi connectivity index (χ1v) is 8.80. The molecule has 4 rings (SSSR count). The molecule has 1 aliphatic rings. The largest absolute Gasteiger partial charge is 0.309 e. The van der Waals surface area contributed by atoms with E-state index < -0.39 is 0 Å². The zero-order chi connectivity index (χ0) is 18.3. The van der Waals surface area contributed by atoms with E-state index in [0.717, 1.165) is 22.4 Å². The number of aromatic amines is 1. The van der Waals surface area contributed by atoms with Gasteiger partial charge in [0.2, 0.25) is 5.91 Å². The van der Waals surface area contributed by atoms with Crippen LogP contribution in [0.5, 0.6) is 0 Å². The maximum absolute atomic E-state index is 12.1. The number of aromatic nitrogens is 4. The number of benzene rings is 1.